The summed E-state index contributed by atoms with van der Waals surface area (Å²) in [4.78, 5) is 2.69. The zero-order chi connectivity index (χ0) is 10.5. The van der Waals surface area contributed by atoms with Gasteiger partial charge in [0, 0.05) is 18.7 Å². The van der Waals surface area contributed by atoms with Crippen LogP contribution in [-0.2, 0) is 4.74 Å². The van der Waals surface area contributed by atoms with Crippen molar-refractivity contribution in [2.45, 2.75) is 50.6 Å². The highest BCUT2D eigenvalue weighted by molar-refractivity contribution is 4.90. The van der Waals surface area contributed by atoms with Crippen molar-refractivity contribution >= 4 is 0 Å². The van der Waals surface area contributed by atoms with Gasteiger partial charge in [0.15, 0.2) is 0 Å². The van der Waals surface area contributed by atoms with E-state index in [-0.39, 0.29) is 0 Å². The van der Waals surface area contributed by atoms with Gasteiger partial charge in [-0.2, -0.15) is 0 Å². The van der Waals surface area contributed by atoms with E-state index in [4.69, 9.17) is 10.5 Å². The van der Waals surface area contributed by atoms with Gasteiger partial charge >= 0.3 is 0 Å². The number of ether oxygens (including phenoxy) is 1. The molecule has 2 rings (SSSR count). The maximum Gasteiger partial charge on any atom is 0.0621 e. The van der Waals surface area contributed by atoms with Gasteiger partial charge in [-0.15, -0.1) is 0 Å². The second-order valence-corrected chi connectivity index (χ2v) is 4.84. The second-order valence-electron chi connectivity index (χ2n) is 4.84. The quantitative estimate of drug-likeness (QED) is 0.676. The van der Waals surface area contributed by atoms with Gasteiger partial charge in [-0.3, -0.25) is 4.90 Å². The molecule has 0 aromatic heterocycles. The van der Waals surface area contributed by atoms with Crippen LogP contribution < -0.4 is 5.73 Å². The van der Waals surface area contributed by atoms with Crippen LogP contribution in [0.3, 0.4) is 0 Å². The Hall–Kier alpha value is -0.120. The highest BCUT2D eigenvalue weighted by Gasteiger charge is 2.35. The molecule has 15 heavy (non-hydrogen) atoms. The SMILES string of the molecule is NCCCOCC1CCCCN1C1CC1. The number of nitrogens with zero attached hydrogens (tertiary/aromatic N) is 1. The van der Waals surface area contributed by atoms with Crippen molar-refractivity contribution in [2.75, 3.05) is 26.3 Å². The summed E-state index contributed by atoms with van der Waals surface area (Å²) < 4.78 is 5.70. The fourth-order valence-corrected chi connectivity index (χ4v) is 2.49. The lowest BCUT2D eigenvalue weighted by Gasteiger charge is -2.35. The Balaban J connectivity index is 1.68. The van der Waals surface area contributed by atoms with E-state index in [1.165, 1.54) is 38.6 Å². The van der Waals surface area contributed by atoms with E-state index < -0.39 is 0 Å². The molecule has 2 N–H and O–H groups in total. The van der Waals surface area contributed by atoms with Gasteiger partial charge < -0.3 is 10.5 Å². The molecule has 0 radical (unpaired) electrons. The molecule has 2 fully saturated rings. The normalized spacial score (nSPS) is 28.2. The first kappa shape index (κ1) is 11.4. The van der Waals surface area contributed by atoms with Crippen molar-refractivity contribution in [3.8, 4) is 0 Å². The molecule has 3 nitrogen and oxygen atoms in total. The molecule has 0 aromatic rings. The highest BCUT2D eigenvalue weighted by atomic mass is 16.5. The molecule has 0 bridgehead atoms. The van der Waals surface area contributed by atoms with Gasteiger partial charge in [-0.25, -0.2) is 0 Å². The first-order valence-corrected chi connectivity index (χ1v) is 6.45. The minimum absolute atomic E-state index is 0.698. The van der Waals surface area contributed by atoms with Crippen LogP contribution in [0.2, 0.25) is 0 Å². The van der Waals surface area contributed by atoms with Gasteiger partial charge in [-0.1, -0.05) is 6.42 Å². The van der Waals surface area contributed by atoms with Gasteiger partial charge in [0.2, 0.25) is 0 Å². The maximum atomic E-state index is 5.70. The average molecular weight is 212 g/mol. The molecule has 88 valence electrons. The molecule has 1 atom stereocenters. The summed E-state index contributed by atoms with van der Waals surface area (Å²) in [6, 6.07) is 1.59. The van der Waals surface area contributed by atoms with E-state index in [0.717, 1.165) is 32.2 Å². The van der Waals surface area contributed by atoms with Gasteiger partial charge in [-0.05, 0) is 45.2 Å². The van der Waals surface area contributed by atoms with E-state index in [1.807, 2.05) is 0 Å². The number of likely N-dealkylation sites (tertiary alicyclic amines) is 1. The first-order valence-electron chi connectivity index (χ1n) is 6.45. The minimum Gasteiger partial charge on any atom is -0.380 e. The molecule has 0 spiro atoms. The van der Waals surface area contributed by atoms with Gasteiger partial charge in [0.25, 0.3) is 0 Å². The van der Waals surface area contributed by atoms with E-state index in [9.17, 15) is 0 Å². The lowest BCUT2D eigenvalue weighted by Crippen LogP contribution is -2.43. The lowest BCUT2D eigenvalue weighted by atomic mass is 10.0. The van der Waals surface area contributed by atoms with Crippen molar-refractivity contribution in [3.63, 3.8) is 0 Å². The molecule has 0 aromatic carbocycles. The Bertz CT molecular complexity index is 182. The predicted molar refractivity (Wildman–Crippen MR) is 61.9 cm³/mol. The van der Waals surface area contributed by atoms with E-state index in [1.54, 1.807) is 0 Å². The smallest absolute Gasteiger partial charge is 0.0621 e. The third-order valence-corrected chi connectivity index (χ3v) is 3.49. The molecule has 2 aliphatic rings. The summed E-state index contributed by atoms with van der Waals surface area (Å²) in [5.41, 5.74) is 5.44. The molecule has 1 saturated heterocycles. The van der Waals surface area contributed by atoms with Crippen molar-refractivity contribution in [2.24, 2.45) is 5.73 Å². The first-order chi connectivity index (χ1) is 7.42. The van der Waals surface area contributed by atoms with E-state index in [0.29, 0.717) is 6.04 Å². The lowest BCUT2D eigenvalue weighted by molar-refractivity contribution is 0.0357. The fraction of sp³-hybridized carbons (Fsp3) is 1.00. The molecular formula is C12H24N2O. The molecule has 0 amide bonds. The number of nitrogens with two attached hydrogens (primary N) is 1. The number of piperidine rings is 1. The second kappa shape index (κ2) is 5.83. The van der Waals surface area contributed by atoms with Crippen molar-refractivity contribution in [1.82, 2.24) is 4.90 Å². The van der Waals surface area contributed by atoms with Crippen LogP contribution >= 0.6 is 0 Å². The Morgan fingerprint density at radius 1 is 1.20 bits per heavy atom. The van der Waals surface area contributed by atoms with Crippen LogP contribution in [0.4, 0.5) is 0 Å². The molecule has 1 unspecified atom stereocenters. The zero-order valence-electron chi connectivity index (χ0n) is 9.66. The average Bonchev–Trinajstić information content (AvgIpc) is 3.09. The third-order valence-electron chi connectivity index (χ3n) is 3.49. The van der Waals surface area contributed by atoms with Crippen LogP contribution in [0.25, 0.3) is 0 Å². The molecule has 1 aliphatic carbocycles. The standard InChI is InChI=1S/C12H24N2O/c13-7-3-9-15-10-12-4-1-2-8-14(12)11-5-6-11/h11-12H,1-10,13H2. The Kier molecular flexibility index (Phi) is 4.42. The topological polar surface area (TPSA) is 38.5 Å². The van der Waals surface area contributed by atoms with Crippen molar-refractivity contribution in [3.05, 3.63) is 0 Å². The molecule has 3 heteroatoms. The Morgan fingerprint density at radius 2 is 2.07 bits per heavy atom. The van der Waals surface area contributed by atoms with Gasteiger partial charge in [0.1, 0.15) is 0 Å². The Morgan fingerprint density at radius 3 is 2.80 bits per heavy atom. The molecule has 1 saturated carbocycles. The van der Waals surface area contributed by atoms with Crippen LogP contribution in [0.1, 0.15) is 38.5 Å². The largest absolute Gasteiger partial charge is 0.380 e. The molecular weight excluding hydrogens is 188 g/mol. The van der Waals surface area contributed by atoms with Crippen LogP contribution in [0, 0.1) is 0 Å². The van der Waals surface area contributed by atoms with Crippen LogP contribution in [0.5, 0.6) is 0 Å². The van der Waals surface area contributed by atoms with Crippen molar-refractivity contribution in [1.29, 1.82) is 0 Å². The number of hydrogen-bond donors (Lipinski definition) is 1. The van der Waals surface area contributed by atoms with Crippen molar-refractivity contribution < 1.29 is 4.74 Å². The summed E-state index contributed by atoms with van der Waals surface area (Å²) in [6.45, 7) is 3.81. The summed E-state index contributed by atoms with van der Waals surface area (Å²) in [6.07, 6.45) is 7.93. The van der Waals surface area contributed by atoms with E-state index in [2.05, 4.69) is 4.90 Å². The van der Waals surface area contributed by atoms with Crippen LogP contribution in [0.15, 0.2) is 0 Å². The minimum atomic E-state index is 0.698. The number of rotatable bonds is 6. The highest BCUT2D eigenvalue weighted by Crippen LogP contribution is 2.32. The van der Waals surface area contributed by atoms with E-state index >= 15 is 0 Å². The summed E-state index contributed by atoms with van der Waals surface area (Å²) >= 11 is 0. The Labute approximate surface area is 93.0 Å². The predicted octanol–water partition coefficient (Wildman–Crippen LogP) is 1.37. The van der Waals surface area contributed by atoms with Gasteiger partial charge in [0.05, 0.1) is 6.61 Å². The fourth-order valence-electron chi connectivity index (χ4n) is 2.49. The summed E-state index contributed by atoms with van der Waals surface area (Å²) in [7, 11) is 0. The third kappa shape index (κ3) is 3.44. The zero-order valence-corrected chi connectivity index (χ0v) is 9.66. The molecule has 1 heterocycles. The molecule has 1 aliphatic heterocycles. The summed E-state index contributed by atoms with van der Waals surface area (Å²) in [5.74, 6) is 0. The maximum absolute atomic E-state index is 5.70. The monoisotopic (exact) mass is 212 g/mol. The summed E-state index contributed by atoms with van der Waals surface area (Å²) in [5, 5.41) is 0. The number of hydrogen-bond acceptors (Lipinski definition) is 3. The van der Waals surface area contributed by atoms with Crippen LogP contribution in [-0.4, -0.2) is 43.3 Å².